The van der Waals surface area contributed by atoms with Gasteiger partial charge in [0.25, 0.3) is 0 Å². The number of fused-ring (bicyclic) bond motifs is 1. The molecule has 1 heterocycles. The van der Waals surface area contributed by atoms with Crippen LogP contribution in [0.3, 0.4) is 0 Å². The van der Waals surface area contributed by atoms with E-state index in [2.05, 4.69) is 5.32 Å². The van der Waals surface area contributed by atoms with Crippen LogP contribution < -0.4 is 5.32 Å². The number of hydrogen-bond acceptors (Lipinski definition) is 2. The molecule has 0 saturated heterocycles. The van der Waals surface area contributed by atoms with E-state index in [0.29, 0.717) is 22.4 Å². The largest absolute Gasteiger partial charge is 0.384 e. The molecule has 0 fully saturated rings. The average Bonchev–Trinajstić information content (AvgIpc) is 2.73. The van der Waals surface area contributed by atoms with Crippen molar-refractivity contribution in [3.05, 3.63) is 64.5 Å². The summed E-state index contributed by atoms with van der Waals surface area (Å²) in [5, 5.41) is 13.3. The number of aliphatic hydroxyl groups excluding tert-OH is 1. The molecule has 1 aliphatic rings. The van der Waals surface area contributed by atoms with Crippen molar-refractivity contribution >= 4 is 11.6 Å². The van der Waals surface area contributed by atoms with E-state index in [9.17, 15) is 14.3 Å². The van der Waals surface area contributed by atoms with Gasteiger partial charge in [0.05, 0.1) is 11.6 Å². The summed E-state index contributed by atoms with van der Waals surface area (Å²) in [6.07, 6.45) is -0.972. The van der Waals surface area contributed by atoms with Crippen molar-refractivity contribution in [2.45, 2.75) is 25.9 Å². The molecule has 0 radical (unpaired) electrons. The lowest BCUT2D eigenvalue weighted by atomic mass is 9.94. The van der Waals surface area contributed by atoms with Gasteiger partial charge in [-0.25, -0.2) is 4.39 Å². The van der Waals surface area contributed by atoms with Gasteiger partial charge in [-0.2, -0.15) is 0 Å². The quantitative estimate of drug-likeness (QED) is 0.889. The third kappa shape index (κ3) is 2.32. The highest BCUT2D eigenvalue weighted by atomic mass is 19.1. The monoisotopic (exact) mass is 285 g/mol. The first kappa shape index (κ1) is 13.8. The number of hydrogen-bond donors (Lipinski definition) is 2. The summed E-state index contributed by atoms with van der Waals surface area (Å²) in [5.74, 6) is -1.02. The van der Waals surface area contributed by atoms with Crippen LogP contribution in [0.25, 0.3) is 0 Å². The molecule has 1 aliphatic heterocycles. The van der Waals surface area contributed by atoms with Gasteiger partial charge < -0.3 is 10.4 Å². The van der Waals surface area contributed by atoms with Gasteiger partial charge in [0.15, 0.2) is 0 Å². The molecule has 0 spiro atoms. The van der Waals surface area contributed by atoms with Gasteiger partial charge in [0.1, 0.15) is 11.9 Å². The SMILES string of the molecule is Cc1cccc(C(O)c2cc(F)cc3c2NC(=O)C3C)c1. The summed E-state index contributed by atoms with van der Waals surface area (Å²) in [7, 11) is 0. The van der Waals surface area contributed by atoms with Crippen LogP contribution in [0.2, 0.25) is 0 Å². The van der Waals surface area contributed by atoms with Crippen molar-refractivity contribution in [3.63, 3.8) is 0 Å². The predicted molar refractivity (Wildman–Crippen MR) is 78.7 cm³/mol. The van der Waals surface area contributed by atoms with E-state index in [1.807, 2.05) is 25.1 Å². The Kier molecular flexibility index (Phi) is 3.26. The zero-order chi connectivity index (χ0) is 15.1. The lowest BCUT2D eigenvalue weighted by Crippen LogP contribution is -2.10. The Morgan fingerprint density at radius 3 is 2.76 bits per heavy atom. The van der Waals surface area contributed by atoms with Gasteiger partial charge >= 0.3 is 0 Å². The molecule has 3 rings (SSSR count). The second-order valence-electron chi connectivity index (χ2n) is 5.49. The standard InChI is InChI=1S/C17H16FNO2/c1-9-4-3-5-11(6-9)16(20)14-8-12(18)7-13-10(2)17(21)19-15(13)14/h3-8,10,16,20H,1-2H3,(H,19,21). The summed E-state index contributed by atoms with van der Waals surface area (Å²) < 4.78 is 13.8. The molecule has 2 aromatic carbocycles. The van der Waals surface area contributed by atoms with Crippen LogP contribution in [-0.4, -0.2) is 11.0 Å². The van der Waals surface area contributed by atoms with E-state index in [4.69, 9.17) is 0 Å². The summed E-state index contributed by atoms with van der Waals surface area (Å²) in [5.41, 5.74) is 3.21. The molecule has 0 bridgehead atoms. The van der Waals surface area contributed by atoms with Crippen LogP contribution in [0.4, 0.5) is 10.1 Å². The fraction of sp³-hybridized carbons (Fsp3) is 0.235. The van der Waals surface area contributed by atoms with Crippen molar-refractivity contribution in [2.75, 3.05) is 5.32 Å². The lowest BCUT2D eigenvalue weighted by Gasteiger charge is -2.16. The number of anilines is 1. The van der Waals surface area contributed by atoms with Gasteiger partial charge in [0.2, 0.25) is 5.91 Å². The molecule has 0 saturated carbocycles. The molecule has 0 aliphatic carbocycles. The topological polar surface area (TPSA) is 49.3 Å². The molecule has 108 valence electrons. The molecule has 2 atom stereocenters. The van der Waals surface area contributed by atoms with Gasteiger partial charge in [-0.3, -0.25) is 4.79 Å². The van der Waals surface area contributed by atoms with Crippen molar-refractivity contribution in [1.29, 1.82) is 0 Å². The number of halogens is 1. The first-order valence-electron chi connectivity index (χ1n) is 6.86. The van der Waals surface area contributed by atoms with Crippen LogP contribution in [-0.2, 0) is 4.79 Å². The summed E-state index contributed by atoms with van der Waals surface area (Å²) in [6, 6.07) is 10.0. The highest BCUT2D eigenvalue weighted by Crippen LogP contribution is 2.39. The van der Waals surface area contributed by atoms with Gasteiger partial charge in [0, 0.05) is 5.56 Å². The highest BCUT2D eigenvalue weighted by molar-refractivity contribution is 6.03. The number of rotatable bonds is 2. The Hall–Kier alpha value is -2.20. The molecule has 2 unspecified atom stereocenters. The minimum absolute atomic E-state index is 0.173. The molecule has 4 heteroatoms. The van der Waals surface area contributed by atoms with E-state index >= 15 is 0 Å². The van der Waals surface area contributed by atoms with Crippen molar-refractivity contribution in [3.8, 4) is 0 Å². The first-order chi connectivity index (χ1) is 9.97. The predicted octanol–water partition coefficient (Wildman–Crippen LogP) is 3.27. The van der Waals surface area contributed by atoms with Gasteiger partial charge in [-0.1, -0.05) is 29.8 Å². The van der Waals surface area contributed by atoms with Crippen LogP contribution in [0, 0.1) is 12.7 Å². The number of carbonyl (C=O) groups excluding carboxylic acids is 1. The fourth-order valence-corrected chi connectivity index (χ4v) is 2.74. The summed E-state index contributed by atoms with van der Waals surface area (Å²) in [6.45, 7) is 3.65. The zero-order valence-corrected chi connectivity index (χ0v) is 11.9. The maximum Gasteiger partial charge on any atom is 0.231 e. The molecule has 2 N–H and O–H groups in total. The van der Waals surface area contributed by atoms with E-state index in [1.165, 1.54) is 12.1 Å². The smallest absolute Gasteiger partial charge is 0.231 e. The average molecular weight is 285 g/mol. The fourth-order valence-electron chi connectivity index (χ4n) is 2.74. The highest BCUT2D eigenvalue weighted by Gasteiger charge is 2.31. The third-order valence-electron chi connectivity index (χ3n) is 3.92. The van der Waals surface area contributed by atoms with Crippen molar-refractivity contribution < 1.29 is 14.3 Å². The maximum absolute atomic E-state index is 13.8. The molecule has 3 nitrogen and oxygen atoms in total. The van der Waals surface area contributed by atoms with Crippen LogP contribution >= 0.6 is 0 Å². The Bertz CT molecular complexity index is 727. The van der Waals surface area contributed by atoms with Gasteiger partial charge in [-0.05, 0) is 37.1 Å². The van der Waals surface area contributed by atoms with E-state index in [0.717, 1.165) is 5.56 Å². The molecule has 1 amide bonds. The van der Waals surface area contributed by atoms with Crippen LogP contribution in [0.1, 0.15) is 41.2 Å². The van der Waals surface area contributed by atoms with Crippen LogP contribution in [0.15, 0.2) is 36.4 Å². The Labute approximate surface area is 122 Å². The zero-order valence-electron chi connectivity index (χ0n) is 11.9. The molecule has 2 aromatic rings. The normalized spacial score (nSPS) is 18.3. The number of aryl methyl sites for hydroxylation is 1. The molecule has 0 aromatic heterocycles. The summed E-state index contributed by atoms with van der Waals surface area (Å²) in [4.78, 5) is 11.8. The number of amides is 1. The van der Waals surface area contributed by atoms with Gasteiger partial charge in [-0.15, -0.1) is 0 Å². The van der Waals surface area contributed by atoms with E-state index < -0.39 is 17.8 Å². The lowest BCUT2D eigenvalue weighted by molar-refractivity contribution is -0.116. The Balaban J connectivity index is 2.11. The van der Waals surface area contributed by atoms with Crippen molar-refractivity contribution in [1.82, 2.24) is 0 Å². The molecular weight excluding hydrogens is 269 g/mol. The number of nitrogens with one attached hydrogen (secondary N) is 1. The minimum atomic E-state index is -0.972. The van der Waals surface area contributed by atoms with Crippen molar-refractivity contribution in [2.24, 2.45) is 0 Å². The number of benzene rings is 2. The Morgan fingerprint density at radius 1 is 1.29 bits per heavy atom. The summed E-state index contributed by atoms with van der Waals surface area (Å²) >= 11 is 0. The van der Waals surface area contributed by atoms with Crippen LogP contribution in [0.5, 0.6) is 0 Å². The third-order valence-corrected chi connectivity index (χ3v) is 3.92. The second kappa shape index (κ2) is 4.97. The minimum Gasteiger partial charge on any atom is -0.384 e. The number of aliphatic hydroxyl groups is 1. The molecular formula is C17H16FNO2. The van der Waals surface area contributed by atoms with E-state index in [1.54, 1.807) is 13.0 Å². The maximum atomic E-state index is 13.8. The molecule has 21 heavy (non-hydrogen) atoms. The number of carbonyl (C=O) groups is 1. The first-order valence-corrected chi connectivity index (χ1v) is 6.86. The van der Waals surface area contributed by atoms with E-state index in [-0.39, 0.29) is 5.91 Å². The second-order valence-corrected chi connectivity index (χ2v) is 5.49. The Morgan fingerprint density at radius 2 is 2.05 bits per heavy atom.